The van der Waals surface area contributed by atoms with Gasteiger partial charge in [0.15, 0.2) is 17.3 Å². The molecule has 3 aromatic rings. The number of ether oxygens (including phenoxy) is 3. The molecule has 0 atom stereocenters. The lowest BCUT2D eigenvalue weighted by molar-refractivity contribution is 0.0635. The fraction of sp³-hybridized carbons (Fsp3) is 0.379. The molecule has 2 N–H and O–H groups in total. The molecule has 0 fully saturated rings. The monoisotopic (exact) mass is 581 g/mol. The van der Waals surface area contributed by atoms with Gasteiger partial charge in [-0.3, -0.25) is 15.1 Å². The van der Waals surface area contributed by atoms with Crippen LogP contribution in [-0.2, 0) is 17.7 Å². The molecule has 1 aromatic carbocycles. The molecule has 11 nitrogen and oxygen atoms in total. The minimum atomic E-state index is -0.629. The van der Waals surface area contributed by atoms with Gasteiger partial charge in [-0.15, -0.1) is 11.3 Å². The second-order valence-corrected chi connectivity index (χ2v) is 11.6. The van der Waals surface area contributed by atoms with Crippen molar-refractivity contribution < 1.29 is 28.6 Å². The molecule has 0 bridgehead atoms. The maximum absolute atomic E-state index is 13.2. The number of rotatable bonds is 10. The Morgan fingerprint density at radius 2 is 1.80 bits per heavy atom. The van der Waals surface area contributed by atoms with E-state index < -0.39 is 11.7 Å². The van der Waals surface area contributed by atoms with Crippen LogP contribution >= 0.6 is 11.3 Å². The quantitative estimate of drug-likeness (QED) is 0.312. The smallest absolute Gasteiger partial charge is 0.412 e. The number of urea groups is 1. The van der Waals surface area contributed by atoms with Crippen molar-refractivity contribution in [1.29, 1.82) is 0 Å². The summed E-state index contributed by atoms with van der Waals surface area (Å²) in [6.45, 7) is 6.97. The third kappa shape index (κ3) is 8.66. The number of hydrogen-bond acceptors (Lipinski definition) is 9. The van der Waals surface area contributed by atoms with Crippen molar-refractivity contribution in [1.82, 2.24) is 14.8 Å². The van der Waals surface area contributed by atoms with Crippen molar-refractivity contribution in [3.05, 3.63) is 64.1 Å². The predicted octanol–water partition coefficient (Wildman–Crippen LogP) is 5.24. The van der Waals surface area contributed by atoms with Crippen LogP contribution in [0.15, 0.2) is 47.3 Å². The Balaban J connectivity index is 1.38. The number of hydrogen-bond donors (Lipinski definition) is 2. The van der Waals surface area contributed by atoms with Gasteiger partial charge in [0.1, 0.15) is 11.3 Å². The first-order valence-corrected chi connectivity index (χ1v) is 14.0. The highest BCUT2D eigenvalue weighted by Crippen LogP contribution is 2.34. The van der Waals surface area contributed by atoms with Crippen molar-refractivity contribution >= 4 is 40.6 Å². The van der Waals surface area contributed by atoms with Gasteiger partial charge in [-0.05, 0) is 69.6 Å². The molecular weight excluding hydrogens is 546 g/mol. The summed E-state index contributed by atoms with van der Waals surface area (Å²) in [5.41, 5.74) is 2.28. The van der Waals surface area contributed by atoms with Gasteiger partial charge in [0.2, 0.25) is 6.79 Å². The lowest BCUT2D eigenvalue weighted by Gasteiger charge is -2.25. The van der Waals surface area contributed by atoms with Gasteiger partial charge in [0.25, 0.3) is 0 Å². The van der Waals surface area contributed by atoms with Crippen LogP contribution in [0.5, 0.6) is 11.5 Å². The standard InChI is InChI=1S/C29H35N5O6S/c1-29(2,3)40-28(37)32-23-17-41-16-20(23)12-24(35)22-8-6-19(14-30-22)15-34(11-10-33(4)5)27(36)31-21-7-9-25-26(13-21)39-18-38-25/h6-9,13-14,16-17H,10-12,15,18H2,1-5H3,(H,31,36)(H,32,37). The van der Waals surface area contributed by atoms with Gasteiger partial charge < -0.3 is 29.3 Å². The van der Waals surface area contributed by atoms with Gasteiger partial charge in [-0.25, -0.2) is 9.59 Å². The molecule has 1 aliphatic rings. The summed E-state index contributed by atoms with van der Waals surface area (Å²) < 4.78 is 16.1. The Kier molecular flexibility index (Phi) is 9.46. The number of fused-ring (bicyclic) bond motifs is 1. The topological polar surface area (TPSA) is 122 Å². The number of benzene rings is 1. The lowest BCUT2D eigenvalue weighted by atomic mass is 10.1. The number of nitrogens with one attached hydrogen (secondary N) is 2. The molecule has 2 aromatic heterocycles. The SMILES string of the molecule is CN(C)CCN(Cc1ccc(C(=O)Cc2cscc2NC(=O)OC(C)(C)C)nc1)C(=O)Nc1ccc2c(c1)OCO2. The summed E-state index contributed by atoms with van der Waals surface area (Å²) in [6.07, 6.45) is 1.11. The molecule has 0 radical (unpaired) electrons. The van der Waals surface area contributed by atoms with E-state index in [1.54, 1.807) is 67.6 Å². The summed E-state index contributed by atoms with van der Waals surface area (Å²) in [5.74, 6) is 1.04. The largest absolute Gasteiger partial charge is 0.454 e. The molecular formula is C29H35N5O6S. The van der Waals surface area contributed by atoms with Crippen LogP contribution in [0.3, 0.4) is 0 Å². The van der Waals surface area contributed by atoms with E-state index in [-0.39, 0.29) is 25.0 Å². The van der Waals surface area contributed by atoms with E-state index >= 15 is 0 Å². The number of ketones is 1. The fourth-order valence-electron chi connectivity index (χ4n) is 3.90. The van der Waals surface area contributed by atoms with Crippen molar-refractivity contribution in [2.75, 3.05) is 44.6 Å². The van der Waals surface area contributed by atoms with E-state index in [9.17, 15) is 14.4 Å². The van der Waals surface area contributed by atoms with Crippen LogP contribution in [0.2, 0.25) is 0 Å². The third-order valence-electron chi connectivity index (χ3n) is 5.94. The molecule has 0 spiro atoms. The summed E-state index contributed by atoms with van der Waals surface area (Å²) in [5, 5.41) is 9.22. The number of carbonyl (C=O) groups excluding carboxylic acids is 3. The number of anilines is 2. The van der Waals surface area contributed by atoms with E-state index in [1.807, 2.05) is 24.4 Å². The number of likely N-dealkylation sites (N-methyl/N-ethyl adjacent to an activating group) is 1. The molecule has 3 amide bonds. The number of nitrogens with zero attached hydrogens (tertiary/aromatic N) is 3. The summed E-state index contributed by atoms with van der Waals surface area (Å²) in [7, 11) is 3.88. The minimum absolute atomic E-state index is 0.0773. The first kappa shape index (κ1) is 29.8. The number of pyridine rings is 1. The predicted molar refractivity (Wildman–Crippen MR) is 157 cm³/mol. The molecule has 1 aliphatic heterocycles. The Morgan fingerprint density at radius 3 is 2.51 bits per heavy atom. The van der Waals surface area contributed by atoms with Crippen LogP contribution in [0.25, 0.3) is 0 Å². The maximum atomic E-state index is 13.2. The Hall–Kier alpha value is -4.16. The highest BCUT2D eigenvalue weighted by Gasteiger charge is 2.20. The summed E-state index contributed by atoms with van der Waals surface area (Å²) in [6, 6.07) is 8.44. The normalized spacial score (nSPS) is 12.2. The number of amides is 3. The first-order chi connectivity index (χ1) is 19.5. The van der Waals surface area contributed by atoms with Crippen molar-refractivity contribution in [2.24, 2.45) is 0 Å². The van der Waals surface area contributed by atoms with E-state index in [4.69, 9.17) is 14.2 Å². The molecule has 0 saturated heterocycles. The van der Waals surface area contributed by atoms with Crippen molar-refractivity contribution in [2.45, 2.75) is 39.3 Å². The Morgan fingerprint density at radius 1 is 1.02 bits per heavy atom. The lowest BCUT2D eigenvalue weighted by Crippen LogP contribution is -2.39. The average Bonchev–Trinajstić information content (AvgIpc) is 3.54. The molecule has 3 heterocycles. The van der Waals surface area contributed by atoms with Crippen LogP contribution in [0.1, 0.15) is 42.4 Å². The van der Waals surface area contributed by atoms with Gasteiger partial charge in [0.05, 0.1) is 5.69 Å². The van der Waals surface area contributed by atoms with Gasteiger partial charge in [-0.1, -0.05) is 6.07 Å². The second kappa shape index (κ2) is 13.0. The van der Waals surface area contributed by atoms with Crippen LogP contribution in [0.4, 0.5) is 21.0 Å². The molecule has 4 rings (SSSR count). The van der Waals surface area contributed by atoms with E-state index in [0.717, 1.165) is 5.56 Å². The number of aromatic nitrogens is 1. The number of carbonyl (C=O) groups is 3. The average molecular weight is 582 g/mol. The van der Waals surface area contributed by atoms with Crippen LogP contribution in [-0.4, -0.2) is 72.3 Å². The zero-order valence-corrected chi connectivity index (χ0v) is 24.7. The highest BCUT2D eigenvalue weighted by atomic mass is 32.1. The molecule has 0 unspecified atom stereocenters. The number of thiophene rings is 1. The van der Waals surface area contributed by atoms with E-state index in [0.29, 0.717) is 53.8 Å². The maximum Gasteiger partial charge on any atom is 0.412 e. The molecule has 12 heteroatoms. The van der Waals surface area contributed by atoms with E-state index in [1.165, 1.54) is 11.3 Å². The van der Waals surface area contributed by atoms with Gasteiger partial charge >= 0.3 is 12.1 Å². The summed E-state index contributed by atoms with van der Waals surface area (Å²) >= 11 is 1.39. The molecule has 0 saturated carbocycles. The summed E-state index contributed by atoms with van der Waals surface area (Å²) in [4.78, 5) is 46.4. The van der Waals surface area contributed by atoms with Crippen molar-refractivity contribution in [3.8, 4) is 11.5 Å². The third-order valence-corrected chi connectivity index (χ3v) is 6.73. The first-order valence-electron chi connectivity index (χ1n) is 13.1. The van der Waals surface area contributed by atoms with Crippen LogP contribution in [0, 0.1) is 0 Å². The molecule has 41 heavy (non-hydrogen) atoms. The van der Waals surface area contributed by atoms with Crippen molar-refractivity contribution in [3.63, 3.8) is 0 Å². The van der Waals surface area contributed by atoms with Gasteiger partial charge in [0, 0.05) is 49.4 Å². The van der Waals surface area contributed by atoms with Crippen LogP contribution < -0.4 is 20.1 Å². The Bertz CT molecular complexity index is 1380. The minimum Gasteiger partial charge on any atom is -0.454 e. The second-order valence-electron chi connectivity index (χ2n) is 10.8. The zero-order valence-electron chi connectivity index (χ0n) is 23.9. The zero-order chi connectivity index (χ0) is 29.6. The highest BCUT2D eigenvalue weighted by molar-refractivity contribution is 7.08. The van der Waals surface area contributed by atoms with Gasteiger partial charge in [-0.2, -0.15) is 0 Å². The fourth-order valence-corrected chi connectivity index (χ4v) is 4.69. The number of Topliss-reactive ketones (excluding diaryl/α,β-unsaturated/α-hetero) is 1. The molecule has 0 aliphatic carbocycles. The van der Waals surface area contributed by atoms with E-state index in [2.05, 4.69) is 15.6 Å². The Labute approximate surface area is 243 Å². The molecule has 218 valence electrons.